The van der Waals surface area contributed by atoms with E-state index < -0.39 is 17.8 Å². The number of nitrogens with zero attached hydrogens (tertiary/aromatic N) is 2. The molecular formula is C25H33FN4O2. The zero-order chi connectivity index (χ0) is 22.6. The van der Waals surface area contributed by atoms with Gasteiger partial charge in [-0.05, 0) is 86.8 Å². The zero-order valence-corrected chi connectivity index (χ0v) is 19.0. The van der Waals surface area contributed by atoms with Gasteiger partial charge >= 0.3 is 0 Å². The Morgan fingerprint density at radius 2 is 2.09 bits per heavy atom. The lowest BCUT2D eigenvalue weighted by atomic mass is 9.76. The van der Waals surface area contributed by atoms with Gasteiger partial charge < -0.3 is 16.2 Å². The van der Waals surface area contributed by atoms with Crippen molar-refractivity contribution in [2.45, 2.75) is 83.8 Å². The van der Waals surface area contributed by atoms with Crippen LogP contribution in [0.15, 0.2) is 12.1 Å². The number of fused-ring (bicyclic) bond motifs is 1. The van der Waals surface area contributed by atoms with Crippen LogP contribution in [0.25, 0.3) is 5.69 Å². The Bertz CT molecular complexity index is 1060. The van der Waals surface area contributed by atoms with Gasteiger partial charge in [0.2, 0.25) is 0 Å². The van der Waals surface area contributed by atoms with Crippen molar-refractivity contribution >= 4 is 11.6 Å². The molecule has 32 heavy (non-hydrogen) atoms. The van der Waals surface area contributed by atoms with Crippen LogP contribution < -0.4 is 11.1 Å². The quantitative estimate of drug-likeness (QED) is 0.635. The molecular weight excluding hydrogens is 407 g/mol. The van der Waals surface area contributed by atoms with Gasteiger partial charge in [-0.2, -0.15) is 5.10 Å². The Hall–Kier alpha value is -2.41. The van der Waals surface area contributed by atoms with E-state index in [1.165, 1.54) is 24.5 Å². The molecule has 5 rings (SSSR count). The van der Waals surface area contributed by atoms with Crippen molar-refractivity contribution < 1.29 is 14.3 Å². The molecule has 3 aliphatic rings. The van der Waals surface area contributed by atoms with Crippen LogP contribution in [0.5, 0.6) is 0 Å². The van der Waals surface area contributed by atoms with E-state index in [1.807, 2.05) is 0 Å². The molecule has 1 amide bonds. The van der Waals surface area contributed by atoms with Crippen molar-refractivity contribution in [2.24, 2.45) is 17.1 Å². The Morgan fingerprint density at radius 3 is 2.75 bits per heavy atom. The summed E-state index contributed by atoms with van der Waals surface area (Å²) in [5, 5.41) is 18.4. The number of hydrogen-bond donors (Lipinski definition) is 3. The molecule has 0 aliphatic heterocycles. The normalized spacial score (nSPS) is 24.4. The number of halogens is 1. The Kier molecular flexibility index (Phi) is 5.27. The SMILES string of the molecule is CC1(C)CCc2c(CC3CC3)nn(-c3cc(N[C@H]4CCC[C@@H]4O)c(C(N)=O)cc3F)c2C1. The summed E-state index contributed by atoms with van der Waals surface area (Å²) in [7, 11) is 0. The highest BCUT2D eigenvalue weighted by atomic mass is 19.1. The number of aliphatic hydroxyl groups is 1. The number of anilines is 1. The largest absolute Gasteiger partial charge is 0.391 e. The van der Waals surface area contributed by atoms with Crippen LogP contribution in [-0.2, 0) is 19.3 Å². The van der Waals surface area contributed by atoms with Crippen molar-refractivity contribution in [3.63, 3.8) is 0 Å². The number of carbonyl (C=O) groups excluding carboxylic acids is 1. The summed E-state index contributed by atoms with van der Waals surface area (Å²) in [5.41, 5.74) is 10.0. The van der Waals surface area contributed by atoms with Crippen molar-refractivity contribution in [2.75, 3.05) is 5.32 Å². The molecule has 0 saturated heterocycles. The molecule has 7 heteroatoms. The molecule has 2 aromatic rings. The number of aromatic nitrogens is 2. The average molecular weight is 441 g/mol. The van der Waals surface area contributed by atoms with E-state index in [0.29, 0.717) is 23.7 Å². The lowest BCUT2D eigenvalue weighted by Gasteiger charge is -2.30. The van der Waals surface area contributed by atoms with Crippen molar-refractivity contribution in [3.8, 4) is 5.69 Å². The summed E-state index contributed by atoms with van der Waals surface area (Å²) in [6, 6.07) is 2.68. The lowest BCUT2D eigenvalue weighted by molar-refractivity contribution is 0.1000. The van der Waals surface area contributed by atoms with Crippen molar-refractivity contribution in [1.29, 1.82) is 0 Å². The monoisotopic (exact) mass is 440 g/mol. The minimum Gasteiger partial charge on any atom is -0.391 e. The highest BCUT2D eigenvalue weighted by molar-refractivity contribution is 5.99. The van der Waals surface area contributed by atoms with Gasteiger partial charge in [-0.1, -0.05) is 13.8 Å². The summed E-state index contributed by atoms with van der Waals surface area (Å²) >= 11 is 0. The summed E-state index contributed by atoms with van der Waals surface area (Å²) in [6.45, 7) is 4.49. The Morgan fingerprint density at radius 1 is 1.31 bits per heavy atom. The molecule has 4 N–H and O–H groups in total. The fourth-order valence-corrected chi connectivity index (χ4v) is 5.33. The third kappa shape index (κ3) is 4.03. The van der Waals surface area contributed by atoms with Gasteiger partial charge in [0.15, 0.2) is 0 Å². The first-order chi connectivity index (χ1) is 15.2. The second-order valence-electron chi connectivity index (χ2n) is 10.7. The molecule has 0 unspecified atom stereocenters. The van der Waals surface area contributed by atoms with E-state index in [2.05, 4.69) is 19.2 Å². The van der Waals surface area contributed by atoms with E-state index in [0.717, 1.165) is 49.9 Å². The summed E-state index contributed by atoms with van der Waals surface area (Å²) in [6.07, 6.45) is 8.25. The standard InChI is InChI=1S/C25H33FN4O2/c1-25(2)9-8-15-20(10-14-6-7-14)29-30(22(15)13-25)21-12-19(16(24(27)32)11-17(21)26)28-18-4-3-5-23(18)31/h11-12,14,18,23,28,31H,3-10,13H2,1-2H3,(H2,27,32)/t18-,23-/m0/s1. The van der Waals surface area contributed by atoms with Gasteiger partial charge in [0.1, 0.15) is 11.5 Å². The third-order valence-electron chi connectivity index (χ3n) is 7.45. The molecule has 0 bridgehead atoms. The number of benzene rings is 1. The molecule has 172 valence electrons. The minimum absolute atomic E-state index is 0.102. The number of hydrogen-bond acceptors (Lipinski definition) is 4. The molecule has 2 saturated carbocycles. The van der Waals surface area contributed by atoms with Gasteiger partial charge in [-0.25, -0.2) is 9.07 Å². The van der Waals surface area contributed by atoms with Crippen molar-refractivity contribution in [1.82, 2.24) is 9.78 Å². The molecule has 1 aromatic heterocycles. The number of amides is 1. The number of aliphatic hydroxyl groups excluding tert-OH is 1. The fourth-order valence-electron chi connectivity index (χ4n) is 5.33. The van der Waals surface area contributed by atoms with E-state index >= 15 is 4.39 Å². The van der Waals surface area contributed by atoms with Crippen LogP contribution in [0.1, 0.15) is 79.7 Å². The number of nitrogens with two attached hydrogens (primary N) is 1. The van der Waals surface area contributed by atoms with E-state index in [4.69, 9.17) is 10.8 Å². The molecule has 0 spiro atoms. The predicted octanol–water partition coefficient (Wildman–Crippen LogP) is 3.90. The summed E-state index contributed by atoms with van der Waals surface area (Å²) in [5.74, 6) is -0.507. The molecule has 6 nitrogen and oxygen atoms in total. The molecule has 2 fully saturated rings. The average Bonchev–Trinajstić information content (AvgIpc) is 3.36. The van der Waals surface area contributed by atoms with Gasteiger partial charge in [0, 0.05) is 11.4 Å². The number of primary amides is 1. The van der Waals surface area contributed by atoms with Crippen molar-refractivity contribution in [3.05, 3.63) is 40.5 Å². The Labute approximate surface area is 188 Å². The first-order valence-electron chi connectivity index (χ1n) is 11.9. The maximum absolute atomic E-state index is 15.4. The molecule has 1 aromatic carbocycles. The number of carbonyl (C=O) groups is 1. The van der Waals surface area contributed by atoms with Crippen LogP contribution in [0, 0.1) is 17.2 Å². The van der Waals surface area contributed by atoms with E-state index in [1.54, 1.807) is 10.7 Å². The molecule has 0 radical (unpaired) electrons. The highest BCUT2D eigenvalue weighted by Crippen LogP contribution is 2.41. The smallest absolute Gasteiger partial charge is 0.250 e. The van der Waals surface area contributed by atoms with E-state index in [-0.39, 0.29) is 17.0 Å². The van der Waals surface area contributed by atoms with E-state index in [9.17, 15) is 9.90 Å². The van der Waals surface area contributed by atoms with Gasteiger partial charge in [-0.3, -0.25) is 4.79 Å². The minimum atomic E-state index is -0.691. The van der Waals surface area contributed by atoms with Gasteiger partial charge in [0.05, 0.1) is 23.4 Å². The zero-order valence-electron chi connectivity index (χ0n) is 19.0. The maximum Gasteiger partial charge on any atom is 0.250 e. The first kappa shape index (κ1) is 21.4. The van der Waals surface area contributed by atoms with Gasteiger partial charge in [0.25, 0.3) is 5.91 Å². The fraction of sp³-hybridized carbons (Fsp3) is 0.600. The summed E-state index contributed by atoms with van der Waals surface area (Å²) < 4.78 is 17.1. The predicted molar refractivity (Wildman–Crippen MR) is 122 cm³/mol. The maximum atomic E-state index is 15.4. The molecule has 2 atom stereocenters. The Balaban J connectivity index is 1.60. The molecule has 1 heterocycles. The third-order valence-corrected chi connectivity index (χ3v) is 7.45. The topological polar surface area (TPSA) is 93.2 Å². The summed E-state index contributed by atoms with van der Waals surface area (Å²) in [4.78, 5) is 12.1. The van der Waals surface area contributed by atoms with Crippen LogP contribution in [0.4, 0.5) is 10.1 Å². The van der Waals surface area contributed by atoms with Crippen LogP contribution >= 0.6 is 0 Å². The van der Waals surface area contributed by atoms with Crippen LogP contribution in [-0.4, -0.2) is 32.9 Å². The van der Waals surface area contributed by atoms with Crippen LogP contribution in [0.3, 0.4) is 0 Å². The number of rotatable bonds is 6. The van der Waals surface area contributed by atoms with Gasteiger partial charge in [-0.15, -0.1) is 0 Å². The lowest BCUT2D eigenvalue weighted by Crippen LogP contribution is -2.29. The first-order valence-corrected chi connectivity index (χ1v) is 11.9. The number of nitrogens with one attached hydrogen (secondary N) is 1. The second kappa shape index (κ2) is 7.87. The van der Waals surface area contributed by atoms with Crippen LogP contribution in [0.2, 0.25) is 0 Å². The highest BCUT2D eigenvalue weighted by Gasteiger charge is 2.34. The molecule has 3 aliphatic carbocycles. The second-order valence-corrected chi connectivity index (χ2v) is 10.7.